The third kappa shape index (κ3) is 6.87. The van der Waals surface area contributed by atoms with E-state index < -0.39 is 45.0 Å². The first-order valence-corrected chi connectivity index (χ1v) is 13.6. The van der Waals surface area contributed by atoms with Crippen LogP contribution in [-0.2, 0) is 16.6 Å². The van der Waals surface area contributed by atoms with Crippen molar-refractivity contribution in [3.63, 3.8) is 0 Å². The lowest BCUT2D eigenvalue weighted by Gasteiger charge is -2.17. The molecule has 38 heavy (non-hydrogen) atoms. The van der Waals surface area contributed by atoms with Gasteiger partial charge in [-0.1, -0.05) is 12.1 Å². The number of nitrogens with one attached hydrogen (secondary N) is 1. The minimum Gasteiger partial charge on any atom is -0.493 e. The van der Waals surface area contributed by atoms with Crippen molar-refractivity contribution in [1.82, 2.24) is 19.4 Å². The highest BCUT2D eigenvalue weighted by atomic mass is 32.2. The average molecular weight is 549 g/mol. The predicted octanol–water partition coefficient (Wildman–Crippen LogP) is 3.77. The molecular formula is C26H30F2N4O5S. The summed E-state index contributed by atoms with van der Waals surface area (Å²) in [6.45, 7) is 3.35. The van der Waals surface area contributed by atoms with E-state index in [0.717, 1.165) is 31.2 Å². The van der Waals surface area contributed by atoms with Gasteiger partial charge < -0.3 is 14.4 Å². The molecule has 1 aliphatic carbocycles. The second-order valence-electron chi connectivity index (χ2n) is 9.50. The van der Waals surface area contributed by atoms with Gasteiger partial charge in [-0.05, 0) is 69.6 Å². The Morgan fingerprint density at radius 2 is 1.97 bits per heavy atom. The maximum Gasteiger partial charge on any atom is 0.268 e. The zero-order valence-corrected chi connectivity index (χ0v) is 22.2. The van der Waals surface area contributed by atoms with Gasteiger partial charge in [0.25, 0.3) is 15.9 Å². The number of hydrogen-bond donors (Lipinski definition) is 1. The standard InChI is InChI=1S/C26H30F2N4O5S/c1-17(19-5-4-6-20(13-19)36-16-18-7-8-18)37-23-10-9-22(24(27)25(23)28)26(33)30-38(34,35)21-14-29-32(15-21)12-11-31(2)3/h4-6,9-10,13-15,17-18H,7-8,11-12,16H2,1-3H3,(H,30,33). The highest BCUT2D eigenvalue weighted by Crippen LogP contribution is 2.31. The molecule has 1 heterocycles. The van der Waals surface area contributed by atoms with Crippen LogP contribution in [-0.4, -0.2) is 56.3 Å². The number of sulfonamides is 1. The highest BCUT2D eigenvalue weighted by Gasteiger charge is 2.26. The first kappa shape index (κ1) is 27.5. The molecule has 0 saturated heterocycles. The number of aromatic nitrogens is 2. The summed E-state index contributed by atoms with van der Waals surface area (Å²) in [6, 6.07) is 9.21. The first-order chi connectivity index (χ1) is 18.0. The number of carbonyl (C=O) groups excluding carboxylic acids is 1. The molecule has 0 bridgehead atoms. The van der Waals surface area contributed by atoms with Crippen LogP contribution < -0.4 is 14.2 Å². The molecule has 9 nitrogen and oxygen atoms in total. The summed E-state index contributed by atoms with van der Waals surface area (Å²) in [4.78, 5) is 14.2. The molecule has 1 unspecified atom stereocenters. The fraction of sp³-hybridized carbons (Fsp3) is 0.385. The van der Waals surface area contributed by atoms with E-state index in [9.17, 15) is 22.0 Å². The Balaban J connectivity index is 1.42. The van der Waals surface area contributed by atoms with Gasteiger partial charge in [0.05, 0.1) is 24.9 Å². The van der Waals surface area contributed by atoms with Gasteiger partial charge in [-0.15, -0.1) is 0 Å². The lowest BCUT2D eigenvalue weighted by atomic mass is 10.1. The van der Waals surface area contributed by atoms with Crippen molar-refractivity contribution in [3.8, 4) is 11.5 Å². The van der Waals surface area contributed by atoms with Crippen LogP contribution in [0.2, 0.25) is 0 Å². The monoisotopic (exact) mass is 548 g/mol. The summed E-state index contributed by atoms with van der Waals surface area (Å²) < 4.78 is 69.4. The van der Waals surface area contributed by atoms with Gasteiger partial charge in [-0.2, -0.15) is 9.49 Å². The van der Waals surface area contributed by atoms with E-state index in [-0.39, 0.29) is 4.90 Å². The number of hydrogen-bond acceptors (Lipinski definition) is 7. The van der Waals surface area contributed by atoms with Gasteiger partial charge in [0.1, 0.15) is 16.7 Å². The van der Waals surface area contributed by atoms with Crippen molar-refractivity contribution < 1.29 is 31.5 Å². The molecule has 1 amide bonds. The number of ether oxygens (including phenoxy) is 2. The normalized spacial score (nSPS) is 14.4. The van der Waals surface area contributed by atoms with Crippen molar-refractivity contribution in [2.75, 3.05) is 27.2 Å². The average Bonchev–Trinajstić information content (AvgIpc) is 3.57. The number of nitrogens with zero attached hydrogens (tertiary/aromatic N) is 3. The van der Waals surface area contributed by atoms with E-state index in [1.807, 2.05) is 25.1 Å². The van der Waals surface area contributed by atoms with Crippen LogP contribution in [0, 0.1) is 17.6 Å². The van der Waals surface area contributed by atoms with Gasteiger partial charge in [0, 0.05) is 12.7 Å². The van der Waals surface area contributed by atoms with Gasteiger partial charge in [0.15, 0.2) is 11.6 Å². The molecule has 0 radical (unpaired) electrons. The first-order valence-electron chi connectivity index (χ1n) is 12.1. The van der Waals surface area contributed by atoms with Crippen molar-refractivity contribution in [2.45, 2.75) is 37.3 Å². The summed E-state index contributed by atoms with van der Waals surface area (Å²) in [6.07, 6.45) is 3.99. The Hall–Kier alpha value is -3.51. The predicted molar refractivity (Wildman–Crippen MR) is 135 cm³/mol. The molecule has 1 N–H and O–H groups in total. The molecule has 1 aliphatic rings. The fourth-order valence-corrected chi connectivity index (χ4v) is 4.47. The molecule has 0 aliphatic heterocycles. The summed E-state index contributed by atoms with van der Waals surface area (Å²) in [7, 11) is -0.646. The summed E-state index contributed by atoms with van der Waals surface area (Å²) in [5, 5.41) is 3.96. The molecule has 1 atom stereocenters. The Kier molecular flexibility index (Phi) is 8.32. The Morgan fingerprint density at radius 3 is 2.68 bits per heavy atom. The molecule has 204 valence electrons. The number of halogens is 2. The molecule has 2 aromatic carbocycles. The third-order valence-corrected chi connectivity index (χ3v) is 7.31. The summed E-state index contributed by atoms with van der Waals surface area (Å²) >= 11 is 0. The topological polar surface area (TPSA) is 103 Å². The van der Waals surface area contributed by atoms with Crippen molar-refractivity contribution in [2.24, 2.45) is 5.92 Å². The van der Waals surface area contributed by atoms with Crippen LogP contribution in [0.5, 0.6) is 11.5 Å². The molecule has 4 rings (SSSR count). The second-order valence-corrected chi connectivity index (χ2v) is 11.2. The molecule has 1 saturated carbocycles. The van der Waals surface area contributed by atoms with Gasteiger partial charge in [-0.25, -0.2) is 17.5 Å². The number of benzene rings is 2. The number of amides is 1. The molecule has 12 heteroatoms. The van der Waals surface area contributed by atoms with Crippen LogP contribution in [0.3, 0.4) is 0 Å². The van der Waals surface area contributed by atoms with Gasteiger partial charge in [0.2, 0.25) is 5.82 Å². The SMILES string of the molecule is CC(Oc1ccc(C(=O)NS(=O)(=O)c2cnn(CCN(C)C)c2)c(F)c1F)c1cccc(OCC2CC2)c1. The number of likely N-dealkylation sites (N-methyl/N-ethyl adjacent to an activating group) is 1. The summed E-state index contributed by atoms with van der Waals surface area (Å²) in [5.41, 5.74) is -0.0845. The van der Waals surface area contributed by atoms with Crippen LogP contribution in [0.25, 0.3) is 0 Å². The van der Waals surface area contributed by atoms with Gasteiger partial charge in [-0.3, -0.25) is 9.48 Å². The lowest BCUT2D eigenvalue weighted by molar-refractivity contribution is 0.0976. The van der Waals surface area contributed by atoms with E-state index in [1.54, 1.807) is 29.8 Å². The molecule has 1 aromatic heterocycles. The van der Waals surface area contributed by atoms with E-state index in [2.05, 4.69) is 5.10 Å². The largest absolute Gasteiger partial charge is 0.493 e. The Labute approximate surface area is 220 Å². The number of rotatable bonds is 12. The van der Waals surface area contributed by atoms with E-state index in [0.29, 0.717) is 36.9 Å². The molecule has 0 spiro atoms. The molecule has 3 aromatic rings. The van der Waals surface area contributed by atoms with Crippen LogP contribution >= 0.6 is 0 Å². The highest BCUT2D eigenvalue weighted by molar-refractivity contribution is 7.90. The maximum absolute atomic E-state index is 14.8. The Bertz CT molecular complexity index is 1410. The van der Waals surface area contributed by atoms with E-state index in [1.165, 1.54) is 10.9 Å². The molecular weight excluding hydrogens is 518 g/mol. The van der Waals surface area contributed by atoms with Crippen LogP contribution in [0.15, 0.2) is 53.7 Å². The zero-order chi connectivity index (χ0) is 27.4. The second kappa shape index (κ2) is 11.5. The lowest BCUT2D eigenvalue weighted by Crippen LogP contribution is -2.31. The van der Waals surface area contributed by atoms with Gasteiger partial charge >= 0.3 is 0 Å². The summed E-state index contributed by atoms with van der Waals surface area (Å²) in [5.74, 6) is -3.41. The minimum absolute atomic E-state index is 0.275. The smallest absolute Gasteiger partial charge is 0.268 e. The third-order valence-electron chi connectivity index (χ3n) is 6.03. The number of carbonyl (C=O) groups is 1. The fourth-order valence-electron chi connectivity index (χ4n) is 3.56. The zero-order valence-electron chi connectivity index (χ0n) is 21.4. The van der Waals surface area contributed by atoms with Crippen molar-refractivity contribution >= 4 is 15.9 Å². The minimum atomic E-state index is -4.36. The quantitative estimate of drug-likeness (QED) is 0.368. The van der Waals surface area contributed by atoms with E-state index in [4.69, 9.17) is 9.47 Å². The Morgan fingerprint density at radius 1 is 1.21 bits per heavy atom. The molecule has 1 fully saturated rings. The van der Waals surface area contributed by atoms with Crippen molar-refractivity contribution in [1.29, 1.82) is 0 Å². The van der Waals surface area contributed by atoms with E-state index >= 15 is 0 Å². The maximum atomic E-state index is 14.8. The van der Waals surface area contributed by atoms with Crippen LogP contribution in [0.4, 0.5) is 8.78 Å². The van der Waals surface area contributed by atoms with Crippen LogP contribution in [0.1, 0.15) is 41.8 Å². The van der Waals surface area contributed by atoms with Crippen molar-refractivity contribution in [3.05, 3.63) is 71.6 Å².